The molecule has 2 heterocycles. The summed E-state index contributed by atoms with van der Waals surface area (Å²) in [5.41, 5.74) is 2.94. The normalized spacial score (nSPS) is 23.8. The zero-order chi connectivity index (χ0) is 20.6. The van der Waals surface area contributed by atoms with E-state index in [1.165, 1.54) is 0 Å². The SMILES string of the molecule is COc1ccccc1CCN1CC(=O)N(c2ccc(C)cc2)C2CS(=O)(=O)CC21. The van der Waals surface area contributed by atoms with Gasteiger partial charge in [0.25, 0.3) is 0 Å². The molecular formula is C22H26N2O4S. The monoisotopic (exact) mass is 414 g/mol. The van der Waals surface area contributed by atoms with Gasteiger partial charge in [-0.25, -0.2) is 8.42 Å². The minimum absolute atomic E-state index is 0.0163. The maximum atomic E-state index is 13.0. The van der Waals surface area contributed by atoms with Crippen molar-refractivity contribution in [3.63, 3.8) is 0 Å². The molecule has 4 rings (SSSR count). The molecule has 0 saturated carbocycles. The Bertz CT molecular complexity index is 1000. The van der Waals surface area contributed by atoms with Gasteiger partial charge in [-0.15, -0.1) is 0 Å². The van der Waals surface area contributed by atoms with Gasteiger partial charge in [-0.3, -0.25) is 9.69 Å². The second-order valence-corrected chi connectivity index (χ2v) is 10.00. The molecule has 0 aromatic heterocycles. The Hall–Kier alpha value is -2.38. The number of amides is 1. The highest BCUT2D eigenvalue weighted by Crippen LogP contribution is 2.32. The van der Waals surface area contributed by atoms with Gasteiger partial charge in [0.1, 0.15) is 5.75 Å². The number of hydrogen-bond donors (Lipinski definition) is 0. The van der Waals surface area contributed by atoms with Crippen molar-refractivity contribution < 1.29 is 17.9 Å². The van der Waals surface area contributed by atoms with Crippen LogP contribution in [0.1, 0.15) is 11.1 Å². The van der Waals surface area contributed by atoms with Crippen molar-refractivity contribution in [3.8, 4) is 5.75 Å². The molecule has 0 bridgehead atoms. The van der Waals surface area contributed by atoms with Crippen molar-refractivity contribution in [1.29, 1.82) is 0 Å². The number of carbonyl (C=O) groups excluding carboxylic acids is 1. The number of sulfone groups is 1. The Kier molecular flexibility index (Phi) is 5.36. The first-order valence-electron chi connectivity index (χ1n) is 9.83. The van der Waals surface area contributed by atoms with Crippen LogP contribution in [-0.4, -0.2) is 63.0 Å². The smallest absolute Gasteiger partial charge is 0.241 e. The van der Waals surface area contributed by atoms with E-state index in [0.717, 1.165) is 22.6 Å². The van der Waals surface area contributed by atoms with Crippen molar-refractivity contribution in [3.05, 3.63) is 59.7 Å². The number of benzene rings is 2. The first-order chi connectivity index (χ1) is 13.9. The Labute approximate surface area is 172 Å². The molecule has 0 N–H and O–H groups in total. The van der Waals surface area contributed by atoms with Gasteiger partial charge >= 0.3 is 0 Å². The number of fused-ring (bicyclic) bond motifs is 1. The molecular weight excluding hydrogens is 388 g/mol. The van der Waals surface area contributed by atoms with Gasteiger partial charge in [0.2, 0.25) is 5.91 Å². The third kappa shape index (κ3) is 4.02. The summed E-state index contributed by atoms with van der Waals surface area (Å²) in [6.45, 7) is 2.83. The Morgan fingerprint density at radius 3 is 2.45 bits per heavy atom. The quantitative estimate of drug-likeness (QED) is 0.749. The number of aryl methyl sites for hydroxylation is 1. The highest BCUT2D eigenvalue weighted by atomic mass is 32.2. The van der Waals surface area contributed by atoms with Gasteiger partial charge in [0.05, 0.1) is 31.2 Å². The summed E-state index contributed by atoms with van der Waals surface area (Å²) in [6.07, 6.45) is 0.699. The zero-order valence-electron chi connectivity index (χ0n) is 16.7. The lowest BCUT2D eigenvalue weighted by molar-refractivity contribution is -0.123. The zero-order valence-corrected chi connectivity index (χ0v) is 17.6. The molecule has 2 fully saturated rings. The lowest BCUT2D eigenvalue weighted by atomic mass is 10.0. The van der Waals surface area contributed by atoms with Crippen LogP contribution >= 0.6 is 0 Å². The molecule has 2 saturated heterocycles. The number of rotatable bonds is 5. The van der Waals surface area contributed by atoms with E-state index in [9.17, 15) is 13.2 Å². The van der Waals surface area contributed by atoms with Crippen LogP contribution in [0.3, 0.4) is 0 Å². The second-order valence-electron chi connectivity index (χ2n) is 7.84. The molecule has 0 spiro atoms. The summed E-state index contributed by atoms with van der Waals surface area (Å²) >= 11 is 0. The number of piperazine rings is 1. The summed E-state index contributed by atoms with van der Waals surface area (Å²) < 4.78 is 30.4. The van der Waals surface area contributed by atoms with Crippen LogP contribution < -0.4 is 9.64 Å². The van der Waals surface area contributed by atoms with E-state index in [1.807, 2.05) is 60.4 Å². The average molecular weight is 415 g/mol. The number of methoxy groups -OCH3 is 1. The van der Waals surface area contributed by atoms with Gasteiger partial charge < -0.3 is 9.64 Å². The molecule has 7 heteroatoms. The maximum absolute atomic E-state index is 13.0. The van der Waals surface area contributed by atoms with Crippen LogP contribution in [0.2, 0.25) is 0 Å². The van der Waals surface area contributed by atoms with Crippen LogP contribution in [-0.2, 0) is 21.1 Å². The standard InChI is InChI=1S/C22H26N2O4S/c1-16-7-9-18(10-8-16)24-20-15-29(26,27)14-19(20)23(13-22(24)25)12-11-17-5-3-4-6-21(17)28-2/h3-10,19-20H,11-15H2,1-2H3. The predicted molar refractivity (Wildman–Crippen MR) is 113 cm³/mol. The fourth-order valence-corrected chi connectivity index (χ4v) is 6.40. The van der Waals surface area contributed by atoms with Gasteiger partial charge in [-0.2, -0.15) is 0 Å². The number of anilines is 1. The minimum Gasteiger partial charge on any atom is -0.496 e. The first-order valence-corrected chi connectivity index (χ1v) is 11.7. The number of hydrogen-bond acceptors (Lipinski definition) is 5. The molecule has 0 radical (unpaired) electrons. The number of carbonyl (C=O) groups is 1. The van der Waals surface area contributed by atoms with Crippen molar-refractivity contribution in [2.45, 2.75) is 25.4 Å². The number of para-hydroxylation sites is 1. The fraction of sp³-hybridized carbons (Fsp3) is 0.409. The largest absolute Gasteiger partial charge is 0.496 e. The molecule has 29 heavy (non-hydrogen) atoms. The third-order valence-electron chi connectivity index (χ3n) is 5.87. The first kappa shape index (κ1) is 19.9. The Morgan fingerprint density at radius 2 is 1.72 bits per heavy atom. The Morgan fingerprint density at radius 1 is 1.03 bits per heavy atom. The topological polar surface area (TPSA) is 66.9 Å². The van der Waals surface area contributed by atoms with Gasteiger partial charge in [0, 0.05) is 18.3 Å². The molecule has 2 unspecified atom stereocenters. The van der Waals surface area contributed by atoms with Crippen LogP contribution in [0.5, 0.6) is 5.75 Å². The molecule has 2 aromatic carbocycles. The third-order valence-corrected chi connectivity index (χ3v) is 7.57. The molecule has 2 aliphatic heterocycles. The van der Waals surface area contributed by atoms with Crippen LogP contribution in [0, 0.1) is 6.92 Å². The summed E-state index contributed by atoms with van der Waals surface area (Å²) in [5.74, 6) is 0.877. The molecule has 1 amide bonds. The van der Waals surface area contributed by atoms with Crippen molar-refractivity contribution in [2.24, 2.45) is 0 Å². The second kappa shape index (κ2) is 7.80. The van der Waals surface area contributed by atoms with E-state index in [1.54, 1.807) is 12.0 Å². The summed E-state index contributed by atoms with van der Waals surface area (Å²) in [6, 6.07) is 15.0. The maximum Gasteiger partial charge on any atom is 0.241 e. The molecule has 2 aliphatic rings. The van der Waals surface area contributed by atoms with Gasteiger partial charge in [-0.05, 0) is 37.1 Å². The van der Waals surface area contributed by atoms with Crippen molar-refractivity contribution in [2.75, 3.05) is 36.6 Å². The van der Waals surface area contributed by atoms with Crippen LogP contribution in [0.25, 0.3) is 0 Å². The van der Waals surface area contributed by atoms with E-state index in [-0.39, 0.29) is 36.0 Å². The summed E-state index contributed by atoms with van der Waals surface area (Å²) in [4.78, 5) is 16.8. The highest BCUT2D eigenvalue weighted by molar-refractivity contribution is 7.91. The lowest BCUT2D eigenvalue weighted by Crippen LogP contribution is -2.62. The van der Waals surface area contributed by atoms with E-state index >= 15 is 0 Å². The Balaban J connectivity index is 1.58. The average Bonchev–Trinajstić information content (AvgIpc) is 3.02. The summed E-state index contributed by atoms with van der Waals surface area (Å²) in [7, 11) is -1.55. The lowest BCUT2D eigenvalue weighted by Gasteiger charge is -2.43. The molecule has 2 atom stereocenters. The highest BCUT2D eigenvalue weighted by Gasteiger charge is 2.49. The molecule has 0 aliphatic carbocycles. The summed E-state index contributed by atoms with van der Waals surface area (Å²) in [5, 5.41) is 0. The van der Waals surface area contributed by atoms with Crippen LogP contribution in [0.15, 0.2) is 48.5 Å². The molecule has 6 nitrogen and oxygen atoms in total. The minimum atomic E-state index is -3.19. The molecule has 2 aromatic rings. The predicted octanol–water partition coefficient (Wildman–Crippen LogP) is 2.06. The van der Waals surface area contributed by atoms with Crippen LogP contribution in [0.4, 0.5) is 5.69 Å². The molecule has 154 valence electrons. The van der Waals surface area contributed by atoms with Crippen molar-refractivity contribution in [1.82, 2.24) is 4.90 Å². The number of nitrogens with zero attached hydrogens (tertiary/aromatic N) is 2. The van der Waals surface area contributed by atoms with Gasteiger partial charge in [0.15, 0.2) is 9.84 Å². The van der Waals surface area contributed by atoms with Gasteiger partial charge in [-0.1, -0.05) is 35.9 Å². The van der Waals surface area contributed by atoms with Crippen molar-refractivity contribution >= 4 is 21.4 Å². The fourth-order valence-electron chi connectivity index (χ4n) is 4.42. The van der Waals surface area contributed by atoms with E-state index in [4.69, 9.17) is 4.74 Å². The van der Waals surface area contributed by atoms with E-state index in [2.05, 4.69) is 0 Å². The van der Waals surface area contributed by atoms with E-state index < -0.39 is 9.84 Å². The van der Waals surface area contributed by atoms with E-state index in [0.29, 0.717) is 13.0 Å². The number of ether oxygens (including phenoxy) is 1.